The lowest BCUT2D eigenvalue weighted by Gasteiger charge is -2.48. The summed E-state index contributed by atoms with van der Waals surface area (Å²) in [4.78, 5) is 29.5. The number of thiazole rings is 1. The molecule has 1 aliphatic carbocycles. The maximum absolute atomic E-state index is 12.4. The van der Waals surface area contributed by atoms with Crippen molar-refractivity contribution in [2.75, 3.05) is 25.4 Å². The van der Waals surface area contributed by atoms with Crippen LogP contribution in [0.2, 0.25) is 0 Å². The summed E-state index contributed by atoms with van der Waals surface area (Å²) < 4.78 is 0.901. The molecule has 7 heteroatoms. The Balaban J connectivity index is 1.45. The molecule has 0 spiro atoms. The molecule has 1 aliphatic heterocycles. The van der Waals surface area contributed by atoms with E-state index >= 15 is 0 Å². The number of hydrogen-bond acceptors (Lipinski definition) is 6. The first-order chi connectivity index (χ1) is 14.4. The lowest BCUT2D eigenvalue weighted by atomic mass is 9.58. The first-order valence-corrected chi connectivity index (χ1v) is 13.3. The molecule has 1 N–H and O–H groups in total. The zero-order valence-corrected chi connectivity index (χ0v) is 20.5. The number of aldehydes is 1. The van der Waals surface area contributed by atoms with Crippen LogP contribution in [-0.2, 0) is 4.79 Å². The summed E-state index contributed by atoms with van der Waals surface area (Å²) in [6, 6.07) is 0.301. The van der Waals surface area contributed by atoms with E-state index in [0.29, 0.717) is 23.6 Å². The topological polar surface area (TPSA) is 62.3 Å². The summed E-state index contributed by atoms with van der Waals surface area (Å²) in [7, 11) is 0. The number of aromatic nitrogens is 1. The van der Waals surface area contributed by atoms with Gasteiger partial charge in [0.15, 0.2) is 10.6 Å². The van der Waals surface area contributed by atoms with Gasteiger partial charge in [0.05, 0.1) is 0 Å². The smallest absolute Gasteiger partial charge is 0.222 e. The highest BCUT2D eigenvalue weighted by molar-refractivity contribution is 8.01. The van der Waals surface area contributed by atoms with Gasteiger partial charge < -0.3 is 10.2 Å². The average Bonchev–Trinajstić information content (AvgIpc) is 3.32. The summed E-state index contributed by atoms with van der Waals surface area (Å²) >= 11 is 3.13. The molecule has 2 aliphatic rings. The van der Waals surface area contributed by atoms with E-state index in [1.807, 2.05) is 0 Å². The van der Waals surface area contributed by atoms with Crippen LogP contribution in [0.1, 0.15) is 70.3 Å². The zero-order valence-electron chi connectivity index (χ0n) is 18.9. The Morgan fingerprint density at radius 1 is 1.33 bits per heavy atom. The second-order valence-corrected chi connectivity index (χ2v) is 11.7. The summed E-state index contributed by atoms with van der Waals surface area (Å²) in [5.74, 6) is 3.38. The first-order valence-electron chi connectivity index (χ1n) is 11.4. The van der Waals surface area contributed by atoms with Crippen LogP contribution < -0.4 is 5.32 Å². The minimum Gasteiger partial charge on any atom is -0.338 e. The van der Waals surface area contributed by atoms with E-state index in [1.54, 1.807) is 17.1 Å². The fourth-order valence-corrected chi connectivity index (χ4v) is 7.27. The second-order valence-electron chi connectivity index (χ2n) is 9.52. The van der Waals surface area contributed by atoms with Crippen molar-refractivity contribution in [2.45, 2.75) is 70.2 Å². The number of carbonyl (C=O) groups is 2. The third kappa shape index (κ3) is 5.46. The summed E-state index contributed by atoms with van der Waals surface area (Å²) in [6.07, 6.45) is 6.28. The quantitative estimate of drug-likeness (QED) is 0.412. The van der Waals surface area contributed by atoms with E-state index < -0.39 is 0 Å². The van der Waals surface area contributed by atoms with Crippen molar-refractivity contribution in [1.29, 1.82) is 0 Å². The minimum absolute atomic E-state index is 0.272. The summed E-state index contributed by atoms with van der Waals surface area (Å²) in [5, 5.41) is 5.51. The van der Waals surface area contributed by atoms with Crippen molar-refractivity contribution in [3.63, 3.8) is 0 Å². The molecule has 30 heavy (non-hydrogen) atoms. The fraction of sp³-hybridized carbons (Fsp3) is 0.783. The number of carbonyl (C=O) groups excluding carboxylic acids is 2. The highest BCUT2D eigenvalue weighted by atomic mass is 32.2. The van der Waals surface area contributed by atoms with Crippen LogP contribution >= 0.6 is 23.1 Å². The Labute approximate surface area is 189 Å². The van der Waals surface area contributed by atoms with Gasteiger partial charge in [-0.2, -0.15) is 0 Å². The number of likely N-dealkylation sites (tertiary alicyclic amines) is 1. The maximum Gasteiger partial charge on any atom is 0.222 e. The standard InChI is InChI=1S/C23H37N3O2S2/c1-5-20-17(7-6-16(2)23(20,3)4)12-24-13-19-8-9-21(28)26(19)10-11-29-22-25-18(14-27)15-30-22/h14-17,19-20,24H,5-13H2,1-4H3/t16-,17+,19-,20+/m1/s1. The highest BCUT2D eigenvalue weighted by Gasteiger charge is 2.42. The average molecular weight is 452 g/mol. The number of nitrogens with zero attached hydrogens (tertiary/aromatic N) is 2. The molecule has 3 rings (SSSR count). The van der Waals surface area contributed by atoms with E-state index in [4.69, 9.17) is 0 Å². The van der Waals surface area contributed by atoms with Crippen molar-refractivity contribution in [1.82, 2.24) is 15.2 Å². The first kappa shape index (κ1) is 23.7. The number of hydrogen-bond donors (Lipinski definition) is 1. The second kappa shape index (κ2) is 10.6. The van der Waals surface area contributed by atoms with Gasteiger partial charge in [-0.25, -0.2) is 4.98 Å². The van der Waals surface area contributed by atoms with E-state index in [9.17, 15) is 9.59 Å². The molecule has 1 saturated carbocycles. The van der Waals surface area contributed by atoms with Crippen LogP contribution in [0.3, 0.4) is 0 Å². The Hall–Kier alpha value is -0.920. The molecule has 168 valence electrons. The van der Waals surface area contributed by atoms with Crippen molar-refractivity contribution in [2.24, 2.45) is 23.2 Å². The molecule has 0 bridgehead atoms. The van der Waals surface area contributed by atoms with Crippen LogP contribution in [0.25, 0.3) is 0 Å². The molecule has 1 aromatic heterocycles. The van der Waals surface area contributed by atoms with E-state index in [2.05, 4.69) is 42.9 Å². The van der Waals surface area contributed by atoms with Crippen LogP contribution in [0, 0.1) is 23.2 Å². The number of nitrogens with one attached hydrogen (secondary N) is 1. The molecular weight excluding hydrogens is 414 g/mol. The zero-order chi connectivity index (χ0) is 21.7. The Bertz CT molecular complexity index is 721. The SMILES string of the molecule is CC[C@H]1[C@H](CNC[C@H]2CCC(=O)N2CCSc2nc(C=O)cs2)CC[C@@H](C)C1(C)C. The molecule has 5 nitrogen and oxygen atoms in total. The van der Waals surface area contributed by atoms with Crippen molar-refractivity contribution >= 4 is 35.3 Å². The monoisotopic (exact) mass is 451 g/mol. The molecule has 2 fully saturated rings. The van der Waals surface area contributed by atoms with Gasteiger partial charge in [-0.05, 0) is 49.0 Å². The molecule has 2 heterocycles. The molecule has 0 radical (unpaired) electrons. The third-order valence-corrected chi connectivity index (χ3v) is 9.64. The van der Waals surface area contributed by atoms with Gasteiger partial charge in [0.25, 0.3) is 0 Å². The molecular formula is C23H37N3O2S2. The number of rotatable bonds is 10. The van der Waals surface area contributed by atoms with E-state index in [-0.39, 0.29) is 5.91 Å². The van der Waals surface area contributed by atoms with Crippen LogP contribution in [0.4, 0.5) is 0 Å². The largest absolute Gasteiger partial charge is 0.338 e. The van der Waals surface area contributed by atoms with Crippen molar-refractivity contribution in [3.05, 3.63) is 11.1 Å². The minimum atomic E-state index is 0.272. The molecule has 1 saturated heterocycles. The van der Waals surface area contributed by atoms with Crippen LogP contribution in [0.5, 0.6) is 0 Å². The lowest BCUT2D eigenvalue weighted by Crippen LogP contribution is -2.46. The Morgan fingerprint density at radius 3 is 2.83 bits per heavy atom. The predicted octanol–water partition coefficient (Wildman–Crippen LogP) is 4.73. The summed E-state index contributed by atoms with van der Waals surface area (Å²) in [5.41, 5.74) is 0.901. The lowest BCUT2D eigenvalue weighted by molar-refractivity contribution is -0.128. The van der Waals surface area contributed by atoms with Gasteiger partial charge in [0, 0.05) is 36.7 Å². The summed E-state index contributed by atoms with van der Waals surface area (Å²) in [6.45, 7) is 12.4. The van der Waals surface area contributed by atoms with Gasteiger partial charge >= 0.3 is 0 Å². The van der Waals surface area contributed by atoms with Crippen LogP contribution in [0.15, 0.2) is 9.72 Å². The molecule has 0 aromatic carbocycles. The van der Waals surface area contributed by atoms with E-state index in [1.165, 1.54) is 30.6 Å². The maximum atomic E-state index is 12.4. The van der Waals surface area contributed by atoms with Gasteiger partial charge in [-0.3, -0.25) is 9.59 Å². The van der Waals surface area contributed by atoms with Crippen LogP contribution in [-0.4, -0.2) is 53.5 Å². The Morgan fingerprint density at radius 2 is 2.13 bits per heavy atom. The van der Waals surface area contributed by atoms with Crippen molar-refractivity contribution < 1.29 is 9.59 Å². The van der Waals surface area contributed by atoms with Crippen molar-refractivity contribution in [3.8, 4) is 0 Å². The fourth-order valence-electron chi connectivity index (χ4n) is 5.48. The van der Waals surface area contributed by atoms with Gasteiger partial charge in [-0.15, -0.1) is 11.3 Å². The van der Waals surface area contributed by atoms with Gasteiger partial charge in [0.1, 0.15) is 5.69 Å². The number of thioether (sulfide) groups is 1. The number of amides is 1. The molecule has 1 aromatic rings. The van der Waals surface area contributed by atoms with Gasteiger partial charge in [-0.1, -0.05) is 45.9 Å². The molecule has 0 unspecified atom stereocenters. The molecule has 4 atom stereocenters. The molecule has 1 amide bonds. The van der Waals surface area contributed by atoms with Gasteiger partial charge in [0.2, 0.25) is 5.91 Å². The van der Waals surface area contributed by atoms with E-state index in [0.717, 1.165) is 60.2 Å². The third-order valence-electron chi connectivity index (χ3n) is 7.62. The Kier molecular flexibility index (Phi) is 8.39. The normalized spacial score (nSPS) is 28.8. The predicted molar refractivity (Wildman–Crippen MR) is 125 cm³/mol. The highest BCUT2D eigenvalue weighted by Crippen LogP contribution is 2.48.